The summed E-state index contributed by atoms with van der Waals surface area (Å²) in [5, 5.41) is 1.29. The second kappa shape index (κ2) is 7.96. The second-order valence-electron chi connectivity index (χ2n) is 6.78. The van der Waals surface area contributed by atoms with Crippen molar-refractivity contribution in [3.05, 3.63) is 33.4 Å². The number of carbonyl (C=O) groups is 1. The first kappa shape index (κ1) is 19.2. The molecular weight excluding hydrogens is 366 g/mol. The number of aromatic nitrogens is 2. The molecule has 5 nitrogen and oxygen atoms in total. The van der Waals surface area contributed by atoms with Crippen molar-refractivity contribution in [2.24, 2.45) is 0 Å². The first-order valence-corrected chi connectivity index (χ1v) is 10.8. The standard InChI is InChI=1S/C19H25N3O2S2/c1-5-9-22-18(24)16-13(3)14(4)26-17(16)20-19(22)25-11-15(23)21-10-7-6-8-12(21)2/h5,12H,1,6-11H2,2-4H3/t12-/m1/s1. The van der Waals surface area contributed by atoms with Crippen molar-refractivity contribution >= 4 is 39.2 Å². The van der Waals surface area contributed by atoms with E-state index in [0.29, 0.717) is 28.9 Å². The zero-order valence-corrected chi connectivity index (χ0v) is 17.2. The molecule has 2 aromatic rings. The zero-order valence-electron chi connectivity index (χ0n) is 15.6. The molecule has 140 valence electrons. The predicted molar refractivity (Wildman–Crippen MR) is 109 cm³/mol. The molecule has 1 aliphatic rings. The van der Waals surface area contributed by atoms with Crippen LogP contribution in [0.25, 0.3) is 10.2 Å². The van der Waals surface area contributed by atoms with Gasteiger partial charge in [-0.25, -0.2) is 4.98 Å². The van der Waals surface area contributed by atoms with E-state index in [0.717, 1.165) is 34.7 Å². The fraction of sp³-hybridized carbons (Fsp3) is 0.526. The van der Waals surface area contributed by atoms with Gasteiger partial charge in [0.15, 0.2) is 5.16 Å². The number of allylic oxidation sites excluding steroid dienone is 1. The number of aryl methyl sites for hydroxylation is 2. The lowest BCUT2D eigenvalue weighted by atomic mass is 10.0. The van der Waals surface area contributed by atoms with E-state index in [1.807, 2.05) is 18.7 Å². The molecule has 1 atom stereocenters. The molecule has 0 unspecified atom stereocenters. The van der Waals surface area contributed by atoms with Crippen molar-refractivity contribution in [2.45, 2.75) is 57.8 Å². The first-order chi connectivity index (χ1) is 12.4. The molecule has 26 heavy (non-hydrogen) atoms. The number of thiophene rings is 1. The normalized spacial score (nSPS) is 17.7. The summed E-state index contributed by atoms with van der Waals surface area (Å²) in [6.45, 7) is 11.1. The average Bonchev–Trinajstić information content (AvgIpc) is 2.90. The van der Waals surface area contributed by atoms with Crippen LogP contribution in [0.2, 0.25) is 0 Å². The topological polar surface area (TPSA) is 55.2 Å². The van der Waals surface area contributed by atoms with Crippen LogP contribution in [-0.2, 0) is 11.3 Å². The van der Waals surface area contributed by atoms with Gasteiger partial charge in [0, 0.05) is 24.0 Å². The van der Waals surface area contributed by atoms with Gasteiger partial charge < -0.3 is 4.90 Å². The molecule has 2 aromatic heterocycles. The summed E-state index contributed by atoms with van der Waals surface area (Å²) in [5.74, 6) is 0.434. The van der Waals surface area contributed by atoms with Crippen molar-refractivity contribution in [3.63, 3.8) is 0 Å². The van der Waals surface area contributed by atoms with Crippen LogP contribution < -0.4 is 5.56 Å². The van der Waals surface area contributed by atoms with Crippen molar-refractivity contribution in [1.29, 1.82) is 0 Å². The van der Waals surface area contributed by atoms with Gasteiger partial charge in [0.1, 0.15) is 4.83 Å². The van der Waals surface area contributed by atoms with Gasteiger partial charge in [0.05, 0.1) is 11.1 Å². The first-order valence-electron chi connectivity index (χ1n) is 8.97. The number of thioether (sulfide) groups is 1. The summed E-state index contributed by atoms with van der Waals surface area (Å²) in [5.41, 5.74) is 0.952. The summed E-state index contributed by atoms with van der Waals surface area (Å²) >= 11 is 2.89. The summed E-state index contributed by atoms with van der Waals surface area (Å²) in [6.07, 6.45) is 5.02. The van der Waals surface area contributed by atoms with Crippen LogP contribution in [0.15, 0.2) is 22.6 Å². The number of hydrogen-bond donors (Lipinski definition) is 0. The van der Waals surface area contributed by atoms with Crippen LogP contribution in [0.4, 0.5) is 0 Å². The van der Waals surface area contributed by atoms with Crippen LogP contribution >= 0.6 is 23.1 Å². The fourth-order valence-corrected chi connectivity index (χ4v) is 5.35. The van der Waals surface area contributed by atoms with E-state index in [-0.39, 0.29) is 11.5 Å². The minimum absolute atomic E-state index is 0.0435. The number of likely N-dealkylation sites (tertiary alicyclic amines) is 1. The Morgan fingerprint density at radius 1 is 1.42 bits per heavy atom. The Hall–Kier alpha value is -1.60. The average molecular weight is 392 g/mol. The third-order valence-electron chi connectivity index (χ3n) is 5.01. The number of amides is 1. The van der Waals surface area contributed by atoms with Gasteiger partial charge in [-0.05, 0) is 45.6 Å². The lowest BCUT2D eigenvalue weighted by Gasteiger charge is -2.33. The van der Waals surface area contributed by atoms with Crippen molar-refractivity contribution < 1.29 is 4.79 Å². The van der Waals surface area contributed by atoms with E-state index < -0.39 is 0 Å². The van der Waals surface area contributed by atoms with Gasteiger partial charge in [-0.15, -0.1) is 17.9 Å². The van der Waals surface area contributed by atoms with E-state index in [4.69, 9.17) is 4.98 Å². The fourth-order valence-electron chi connectivity index (χ4n) is 3.39. The highest BCUT2D eigenvalue weighted by atomic mass is 32.2. The Kier molecular flexibility index (Phi) is 5.87. The number of nitrogens with zero attached hydrogens (tertiary/aromatic N) is 3. The predicted octanol–water partition coefficient (Wildman–Crippen LogP) is 3.75. The highest BCUT2D eigenvalue weighted by Crippen LogP contribution is 2.28. The molecule has 1 aliphatic heterocycles. The minimum Gasteiger partial charge on any atom is -0.339 e. The van der Waals surface area contributed by atoms with E-state index in [2.05, 4.69) is 13.5 Å². The molecule has 0 saturated carbocycles. The summed E-state index contributed by atoms with van der Waals surface area (Å²) in [7, 11) is 0. The summed E-state index contributed by atoms with van der Waals surface area (Å²) in [4.78, 5) is 34.1. The molecule has 1 saturated heterocycles. The van der Waals surface area contributed by atoms with Gasteiger partial charge >= 0.3 is 0 Å². The second-order valence-corrected chi connectivity index (χ2v) is 8.93. The molecular formula is C19H25N3O2S2. The Bertz CT molecular complexity index is 900. The number of rotatable bonds is 5. The van der Waals surface area contributed by atoms with E-state index in [9.17, 15) is 9.59 Å². The number of piperidine rings is 1. The van der Waals surface area contributed by atoms with Gasteiger partial charge in [-0.3, -0.25) is 14.2 Å². The van der Waals surface area contributed by atoms with Crippen LogP contribution in [-0.4, -0.2) is 38.7 Å². The zero-order chi connectivity index (χ0) is 18.8. The van der Waals surface area contributed by atoms with Gasteiger partial charge in [0.2, 0.25) is 5.91 Å². The molecule has 0 aliphatic carbocycles. The van der Waals surface area contributed by atoms with Crippen molar-refractivity contribution in [3.8, 4) is 0 Å². The Morgan fingerprint density at radius 2 is 2.19 bits per heavy atom. The van der Waals surface area contributed by atoms with Gasteiger partial charge in [0.25, 0.3) is 5.56 Å². The lowest BCUT2D eigenvalue weighted by Crippen LogP contribution is -2.43. The minimum atomic E-state index is -0.0435. The molecule has 0 N–H and O–H groups in total. The smallest absolute Gasteiger partial charge is 0.263 e. The number of fused-ring (bicyclic) bond motifs is 1. The monoisotopic (exact) mass is 391 g/mol. The molecule has 0 bridgehead atoms. The summed E-state index contributed by atoms with van der Waals surface area (Å²) < 4.78 is 1.63. The van der Waals surface area contributed by atoms with Crippen LogP contribution in [0, 0.1) is 13.8 Å². The van der Waals surface area contributed by atoms with Gasteiger partial charge in [-0.2, -0.15) is 0 Å². The van der Waals surface area contributed by atoms with Gasteiger partial charge in [-0.1, -0.05) is 17.8 Å². The van der Waals surface area contributed by atoms with Crippen molar-refractivity contribution in [2.75, 3.05) is 12.3 Å². The highest BCUT2D eigenvalue weighted by molar-refractivity contribution is 7.99. The van der Waals surface area contributed by atoms with Crippen molar-refractivity contribution in [1.82, 2.24) is 14.5 Å². The molecule has 3 rings (SSSR count). The lowest BCUT2D eigenvalue weighted by molar-refractivity contribution is -0.131. The molecule has 0 spiro atoms. The maximum absolute atomic E-state index is 12.9. The maximum atomic E-state index is 12.9. The third-order valence-corrected chi connectivity index (χ3v) is 7.08. The Labute approximate surface area is 162 Å². The molecule has 1 fully saturated rings. The van der Waals surface area contributed by atoms with E-state index >= 15 is 0 Å². The maximum Gasteiger partial charge on any atom is 0.263 e. The quantitative estimate of drug-likeness (QED) is 0.442. The molecule has 0 radical (unpaired) electrons. The SMILES string of the molecule is C=CCn1c(SCC(=O)N2CCCC[C@H]2C)nc2sc(C)c(C)c2c1=O. The number of carbonyl (C=O) groups excluding carboxylic acids is 1. The Balaban J connectivity index is 1.89. The summed E-state index contributed by atoms with van der Waals surface area (Å²) in [6, 6.07) is 0.297. The third kappa shape index (κ3) is 3.60. The largest absolute Gasteiger partial charge is 0.339 e. The highest BCUT2D eigenvalue weighted by Gasteiger charge is 2.24. The molecule has 7 heteroatoms. The van der Waals surface area contributed by atoms with E-state index in [1.165, 1.54) is 29.5 Å². The Morgan fingerprint density at radius 3 is 2.88 bits per heavy atom. The van der Waals surface area contributed by atoms with Crippen LogP contribution in [0.5, 0.6) is 0 Å². The molecule has 3 heterocycles. The van der Waals surface area contributed by atoms with Crippen LogP contribution in [0.3, 0.4) is 0 Å². The van der Waals surface area contributed by atoms with Crippen LogP contribution in [0.1, 0.15) is 36.6 Å². The number of hydrogen-bond acceptors (Lipinski definition) is 5. The molecule has 1 amide bonds. The van der Waals surface area contributed by atoms with E-state index in [1.54, 1.807) is 10.6 Å². The molecule has 0 aromatic carbocycles.